The lowest BCUT2D eigenvalue weighted by molar-refractivity contribution is -0.123. The standard InChI is InChI=1S/C21H26ClN3O3/c1-3-25(15-21(27)24-18-9-4-5-10-19(18)28-2)14-20(26)23-12-11-16-7-6-8-17(22)13-16/h4-10,13H,3,11-12,14-15H2,1-2H3,(H,23,26)(H,24,27). The normalized spacial score (nSPS) is 10.6. The van der Waals surface area contributed by atoms with Gasteiger partial charge in [0.2, 0.25) is 11.8 Å². The Balaban J connectivity index is 1.77. The van der Waals surface area contributed by atoms with Crippen LogP contribution in [0.3, 0.4) is 0 Å². The summed E-state index contributed by atoms with van der Waals surface area (Å²) >= 11 is 5.96. The fraction of sp³-hybridized carbons (Fsp3) is 0.333. The largest absolute Gasteiger partial charge is 0.495 e. The molecule has 0 saturated carbocycles. The molecule has 0 fully saturated rings. The molecule has 2 aromatic carbocycles. The van der Waals surface area contributed by atoms with E-state index >= 15 is 0 Å². The van der Waals surface area contributed by atoms with Crippen molar-refractivity contribution in [1.82, 2.24) is 10.2 Å². The number of hydrogen-bond donors (Lipinski definition) is 2. The molecule has 150 valence electrons. The average Bonchev–Trinajstić information content (AvgIpc) is 2.68. The number of ether oxygens (including phenoxy) is 1. The van der Waals surface area contributed by atoms with Crippen LogP contribution >= 0.6 is 11.6 Å². The summed E-state index contributed by atoms with van der Waals surface area (Å²) in [4.78, 5) is 26.3. The Morgan fingerprint density at radius 3 is 2.54 bits per heavy atom. The Morgan fingerprint density at radius 1 is 1.07 bits per heavy atom. The second kappa shape index (κ2) is 11.3. The molecule has 0 atom stereocenters. The molecule has 0 saturated heterocycles. The molecule has 6 nitrogen and oxygen atoms in total. The summed E-state index contributed by atoms with van der Waals surface area (Å²) in [6.07, 6.45) is 0.701. The molecular formula is C21H26ClN3O3. The lowest BCUT2D eigenvalue weighted by Gasteiger charge is -2.19. The first-order valence-corrected chi connectivity index (χ1v) is 9.56. The average molecular weight is 404 g/mol. The third-order valence-electron chi connectivity index (χ3n) is 4.19. The van der Waals surface area contributed by atoms with Crippen molar-refractivity contribution in [2.75, 3.05) is 38.6 Å². The number of anilines is 1. The van der Waals surface area contributed by atoms with Crippen molar-refractivity contribution >= 4 is 29.1 Å². The number of para-hydroxylation sites is 2. The first-order valence-electron chi connectivity index (χ1n) is 9.18. The summed E-state index contributed by atoms with van der Waals surface area (Å²) in [5.74, 6) is 0.282. The monoisotopic (exact) mass is 403 g/mol. The van der Waals surface area contributed by atoms with Gasteiger partial charge in [-0.1, -0.05) is 42.8 Å². The molecule has 2 N–H and O–H groups in total. The van der Waals surface area contributed by atoms with Gasteiger partial charge in [-0.15, -0.1) is 0 Å². The highest BCUT2D eigenvalue weighted by Crippen LogP contribution is 2.22. The van der Waals surface area contributed by atoms with E-state index in [1.54, 1.807) is 24.1 Å². The number of likely N-dealkylation sites (N-methyl/N-ethyl adjacent to an activating group) is 1. The van der Waals surface area contributed by atoms with Crippen LogP contribution in [0.15, 0.2) is 48.5 Å². The molecule has 2 rings (SSSR count). The highest BCUT2D eigenvalue weighted by atomic mass is 35.5. The second-order valence-electron chi connectivity index (χ2n) is 6.28. The van der Waals surface area contributed by atoms with Crippen molar-refractivity contribution in [3.63, 3.8) is 0 Å². The lowest BCUT2D eigenvalue weighted by Crippen LogP contribution is -2.41. The summed E-state index contributed by atoms with van der Waals surface area (Å²) in [5, 5.41) is 6.38. The van der Waals surface area contributed by atoms with Crippen LogP contribution in [-0.2, 0) is 16.0 Å². The molecule has 0 radical (unpaired) electrons. The maximum absolute atomic E-state index is 12.3. The molecule has 0 heterocycles. The first kappa shape index (κ1) is 21.7. The number of carbonyl (C=O) groups is 2. The van der Waals surface area contributed by atoms with Gasteiger partial charge < -0.3 is 15.4 Å². The van der Waals surface area contributed by atoms with E-state index in [9.17, 15) is 9.59 Å². The van der Waals surface area contributed by atoms with E-state index in [1.165, 1.54) is 0 Å². The van der Waals surface area contributed by atoms with Crippen molar-refractivity contribution in [2.45, 2.75) is 13.3 Å². The minimum absolute atomic E-state index is 0.117. The molecule has 0 aliphatic carbocycles. The molecule has 0 spiro atoms. The van der Waals surface area contributed by atoms with E-state index < -0.39 is 0 Å². The van der Waals surface area contributed by atoms with Crippen LogP contribution in [0.1, 0.15) is 12.5 Å². The van der Waals surface area contributed by atoms with Crippen LogP contribution < -0.4 is 15.4 Å². The van der Waals surface area contributed by atoms with E-state index in [2.05, 4.69) is 10.6 Å². The number of hydrogen-bond acceptors (Lipinski definition) is 4. The summed E-state index contributed by atoms with van der Waals surface area (Å²) in [6.45, 7) is 3.29. The first-order chi connectivity index (χ1) is 13.5. The minimum Gasteiger partial charge on any atom is -0.495 e. The van der Waals surface area contributed by atoms with Gasteiger partial charge in [0.15, 0.2) is 0 Å². The van der Waals surface area contributed by atoms with Crippen LogP contribution in [-0.4, -0.2) is 50.0 Å². The summed E-state index contributed by atoms with van der Waals surface area (Å²) in [7, 11) is 1.55. The zero-order valence-electron chi connectivity index (χ0n) is 16.2. The van der Waals surface area contributed by atoms with Gasteiger partial charge in [-0.25, -0.2) is 0 Å². The molecule has 0 aromatic heterocycles. The highest BCUT2D eigenvalue weighted by molar-refractivity contribution is 6.30. The fourth-order valence-electron chi connectivity index (χ4n) is 2.72. The molecule has 7 heteroatoms. The van der Waals surface area contributed by atoms with Crippen LogP contribution in [0.4, 0.5) is 5.69 Å². The van der Waals surface area contributed by atoms with Gasteiger partial charge in [-0.2, -0.15) is 0 Å². The molecule has 0 aliphatic rings. The highest BCUT2D eigenvalue weighted by Gasteiger charge is 2.14. The Hall–Kier alpha value is -2.57. The zero-order valence-corrected chi connectivity index (χ0v) is 17.0. The topological polar surface area (TPSA) is 70.7 Å². The molecule has 28 heavy (non-hydrogen) atoms. The third kappa shape index (κ3) is 7.21. The third-order valence-corrected chi connectivity index (χ3v) is 4.42. The summed E-state index contributed by atoms with van der Waals surface area (Å²) in [5.41, 5.74) is 1.67. The molecule has 0 bridgehead atoms. The predicted molar refractivity (Wildman–Crippen MR) is 112 cm³/mol. The van der Waals surface area contributed by atoms with Gasteiger partial charge in [0.1, 0.15) is 5.75 Å². The number of nitrogens with one attached hydrogen (secondary N) is 2. The van der Waals surface area contributed by atoms with Gasteiger partial charge in [0.05, 0.1) is 25.9 Å². The Morgan fingerprint density at radius 2 is 1.82 bits per heavy atom. The maximum atomic E-state index is 12.3. The molecule has 2 amide bonds. The maximum Gasteiger partial charge on any atom is 0.238 e. The molecule has 0 aliphatic heterocycles. The smallest absolute Gasteiger partial charge is 0.238 e. The number of amides is 2. The quantitative estimate of drug-likeness (QED) is 0.639. The SMILES string of the molecule is CCN(CC(=O)NCCc1cccc(Cl)c1)CC(=O)Nc1ccccc1OC. The number of rotatable bonds is 10. The van der Waals surface area contributed by atoms with Crippen molar-refractivity contribution in [3.05, 3.63) is 59.1 Å². The van der Waals surface area contributed by atoms with Gasteiger partial charge in [-0.3, -0.25) is 14.5 Å². The van der Waals surface area contributed by atoms with Crippen LogP contribution in [0.2, 0.25) is 5.02 Å². The Kier molecular flexibility index (Phi) is 8.78. The number of nitrogens with zero attached hydrogens (tertiary/aromatic N) is 1. The van der Waals surface area contributed by atoms with Crippen LogP contribution in [0.25, 0.3) is 0 Å². The van der Waals surface area contributed by atoms with Gasteiger partial charge in [-0.05, 0) is 42.8 Å². The van der Waals surface area contributed by atoms with Gasteiger partial charge >= 0.3 is 0 Å². The molecule has 2 aromatic rings. The van der Waals surface area contributed by atoms with E-state index in [1.807, 2.05) is 43.3 Å². The summed E-state index contributed by atoms with van der Waals surface area (Å²) in [6, 6.07) is 14.8. The number of halogens is 1. The number of carbonyl (C=O) groups excluding carboxylic acids is 2. The van der Waals surface area contributed by atoms with Crippen molar-refractivity contribution in [2.24, 2.45) is 0 Å². The van der Waals surface area contributed by atoms with Crippen LogP contribution in [0, 0.1) is 0 Å². The fourth-order valence-corrected chi connectivity index (χ4v) is 2.93. The lowest BCUT2D eigenvalue weighted by atomic mass is 10.1. The van der Waals surface area contributed by atoms with E-state index in [0.717, 1.165) is 5.56 Å². The summed E-state index contributed by atoms with van der Waals surface area (Å²) < 4.78 is 5.23. The minimum atomic E-state index is -0.196. The van der Waals surface area contributed by atoms with Crippen molar-refractivity contribution < 1.29 is 14.3 Å². The van der Waals surface area contributed by atoms with E-state index in [0.29, 0.717) is 36.0 Å². The van der Waals surface area contributed by atoms with Gasteiger partial charge in [0, 0.05) is 11.6 Å². The van der Waals surface area contributed by atoms with Gasteiger partial charge in [0.25, 0.3) is 0 Å². The second-order valence-corrected chi connectivity index (χ2v) is 6.72. The predicted octanol–water partition coefficient (Wildman–Crippen LogP) is 2.97. The molecular weight excluding hydrogens is 378 g/mol. The Labute approximate surface area is 170 Å². The number of methoxy groups -OCH3 is 1. The van der Waals surface area contributed by atoms with E-state index in [4.69, 9.17) is 16.3 Å². The van der Waals surface area contributed by atoms with Crippen molar-refractivity contribution in [1.29, 1.82) is 0 Å². The van der Waals surface area contributed by atoms with Crippen LogP contribution in [0.5, 0.6) is 5.75 Å². The van der Waals surface area contributed by atoms with E-state index in [-0.39, 0.29) is 24.9 Å². The number of benzene rings is 2. The zero-order chi connectivity index (χ0) is 20.4. The van der Waals surface area contributed by atoms with Crippen molar-refractivity contribution in [3.8, 4) is 5.75 Å². The Bertz CT molecular complexity index is 798. The molecule has 0 unspecified atom stereocenters.